The second-order valence-corrected chi connectivity index (χ2v) is 5.12. The molecule has 106 valence electrons. The number of nitrogens with zero attached hydrogens (tertiary/aromatic N) is 3. The minimum absolute atomic E-state index is 0.0673. The number of anilines is 2. The summed E-state index contributed by atoms with van der Waals surface area (Å²) in [6.45, 7) is 5.06. The van der Waals surface area contributed by atoms with Crippen LogP contribution in [0.25, 0.3) is 0 Å². The number of hydrogen-bond donors (Lipinski definition) is 2. The number of aromatic nitrogens is 1. The molecule has 0 aliphatic rings. The molecule has 7 heteroatoms. The molecular formula is C12H21N5O2. The zero-order chi connectivity index (χ0) is 14.6. The third-order valence-electron chi connectivity index (χ3n) is 2.80. The van der Waals surface area contributed by atoms with Crippen LogP contribution >= 0.6 is 0 Å². The first-order valence-corrected chi connectivity index (χ1v) is 6.13. The Morgan fingerprint density at radius 1 is 1.47 bits per heavy atom. The molecule has 0 saturated heterocycles. The van der Waals surface area contributed by atoms with Gasteiger partial charge < -0.3 is 16.0 Å². The standard InChI is InChI=1S/C12H21N5O2/c1-8(2)9(7-16(3)4)14-11-6-5-10(17(18)19)12(13)15-11/h5-6,8-9H,7H2,1-4H3,(H3,13,14,15). The predicted octanol–water partition coefficient (Wildman–Crippen LogP) is 1.57. The van der Waals surface area contributed by atoms with Crippen molar-refractivity contribution in [2.45, 2.75) is 19.9 Å². The zero-order valence-corrected chi connectivity index (χ0v) is 11.8. The monoisotopic (exact) mass is 267 g/mol. The van der Waals surface area contributed by atoms with Crippen LogP contribution in [0.5, 0.6) is 0 Å². The van der Waals surface area contributed by atoms with Crippen LogP contribution in [0, 0.1) is 16.0 Å². The summed E-state index contributed by atoms with van der Waals surface area (Å²) >= 11 is 0. The van der Waals surface area contributed by atoms with Crippen LogP contribution in [0.4, 0.5) is 17.3 Å². The summed E-state index contributed by atoms with van der Waals surface area (Å²) in [5.41, 5.74) is 5.40. The van der Waals surface area contributed by atoms with Crippen molar-refractivity contribution < 1.29 is 4.92 Å². The van der Waals surface area contributed by atoms with Crippen LogP contribution in [-0.2, 0) is 0 Å². The third kappa shape index (κ3) is 4.36. The SMILES string of the molecule is CC(C)C(CN(C)C)Nc1ccc([N+](=O)[O-])c(N)n1. The Morgan fingerprint density at radius 2 is 2.11 bits per heavy atom. The lowest BCUT2D eigenvalue weighted by Gasteiger charge is -2.26. The van der Waals surface area contributed by atoms with Crippen molar-refractivity contribution in [2.24, 2.45) is 5.92 Å². The number of rotatable bonds is 6. The molecule has 0 aliphatic carbocycles. The van der Waals surface area contributed by atoms with Gasteiger partial charge in [-0.1, -0.05) is 13.8 Å². The molecule has 1 atom stereocenters. The minimum Gasteiger partial charge on any atom is -0.378 e. The fourth-order valence-corrected chi connectivity index (χ4v) is 1.71. The van der Waals surface area contributed by atoms with Crippen molar-refractivity contribution >= 4 is 17.3 Å². The molecular weight excluding hydrogens is 246 g/mol. The van der Waals surface area contributed by atoms with E-state index in [0.29, 0.717) is 11.7 Å². The summed E-state index contributed by atoms with van der Waals surface area (Å²) in [6, 6.07) is 3.15. The van der Waals surface area contributed by atoms with Gasteiger partial charge in [-0.2, -0.15) is 0 Å². The summed E-state index contributed by atoms with van der Waals surface area (Å²) in [6.07, 6.45) is 0. The summed E-state index contributed by atoms with van der Waals surface area (Å²) < 4.78 is 0. The second-order valence-electron chi connectivity index (χ2n) is 5.12. The number of nitrogens with two attached hydrogens (primary N) is 1. The first kappa shape index (κ1) is 15.2. The Kier molecular flexibility index (Phi) is 5.05. The van der Waals surface area contributed by atoms with Crippen molar-refractivity contribution in [3.05, 3.63) is 22.2 Å². The Labute approximate surface area is 113 Å². The van der Waals surface area contributed by atoms with Gasteiger partial charge in [-0.3, -0.25) is 10.1 Å². The van der Waals surface area contributed by atoms with E-state index >= 15 is 0 Å². The maximum Gasteiger partial charge on any atom is 0.311 e. The van der Waals surface area contributed by atoms with E-state index in [1.165, 1.54) is 6.07 Å². The molecule has 1 unspecified atom stereocenters. The van der Waals surface area contributed by atoms with Gasteiger partial charge >= 0.3 is 5.69 Å². The molecule has 0 aromatic carbocycles. The van der Waals surface area contributed by atoms with Gasteiger partial charge in [-0.05, 0) is 26.1 Å². The smallest absolute Gasteiger partial charge is 0.311 e. The van der Waals surface area contributed by atoms with Crippen molar-refractivity contribution in [3.63, 3.8) is 0 Å². The lowest BCUT2D eigenvalue weighted by molar-refractivity contribution is -0.384. The number of nitrogens with one attached hydrogen (secondary N) is 1. The molecule has 0 spiro atoms. The molecule has 0 saturated carbocycles. The van der Waals surface area contributed by atoms with Crippen LogP contribution in [0.3, 0.4) is 0 Å². The Balaban J connectivity index is 2.85. The molecule has 0 amide bonds. The molecule has 1 rings (SSSR count). The van der Waals surface area contributed by atoms with Gasteiger partial charge in [-0.25, -0.2) is 4.98 Å². The Hall–Kier alpha value is -1.89. The van der Waals surface area contributed by atoms with Gasteiger partial charge in [0.05, 0.1) is 4.92 Å². The van der Waals surface area contributed by atoms with E-state index in [4.69, 9.17) is 5.73 Å². The molecule has 3 N–H and O–H groups in total. The first-order chi connectivity index (χ1) is 8.81. The lowest BCUT2D eigenvalue weighted by Crippen LogP contribution is -2.36. The number of nitrogen functional groups attached to an aromatic ring is 1. The molecule has 7 nitrogen and oxygen atoms in total. The van der Waals surface area contributed by atoms with Gasteiger partial charge in [0, 0.05) is 18.7 Å². The summed E-state index contributed by atoms with van der Waals surface area (Å²) in [5, 5.41) is 13.9. The fraction of sp³-hybridized carbons (Fsp3) is 0.583. The van der Waals surface area contributed by atoms with Gasteiger partial charge in [0.1, 0.15) is 5.82 Å². The number of likely N-dealkylation sites (N-methyl/N-ethyl adjacent to an activating group) is 1. The number of pyridine rings is 1. The average molecular weight is 267 g/mol. The molecule has 0 fully saturated rings. The molecule has 1 heterocycles. The van der Waals surface area contributed by atoms with Gasteiger partial charge in [0.25, 0.3) is 0 Å². The average Bonchev–Trinajstić information content (AvgIpc) is 2.26. The quantitative estimate of drug-likeness (QED) is 0.599. The normalized spacial score (nSPS) is 12.7. The third-order valence-corrected chi connectivity index (χ3v) is 2.80. The highest BCUT2D eigenvalue weighted by Gasteiger charge is 2.17. The predicted molar refractivity (Wildman–Crippen MR) is 76.1 cm³/mol. The summed E-state index contributed by atoms with van der Waals surface area (Å²) in [7, 11) is 3.99. The van der Waals surface area contributed by atoms with Crippen LogP contribution in [-0.4, -0.2) is 41.5 Å². The zero-order valence-electron chi connectivity index (χ0n) is 11.8. The van der Waals surface area contributed by atoms with Gasteiger partial charge in [-0.15, -0.1) is 0 Å². The van der Waals surface area contributed by atoms with Crippen LogP contribution in [0.1, 0.15) is 13.8 Å². The van der Waals surface area contributed by atoms with Gasteiger partial charge in [0.15, 0.2) is 0 Å². The van der Waals surface area contributed by atoms with Crippen molar-refractivity contribution in [1.82, 2.24) is 9.88 Å². The van der Waals surface area contributed by atoms with Crippen molar-refractivity contribution in [3.8, 4) is 0 Å². The molecule has 19 heavy (non-hydrogen) atoms. The van der Waals surface area contributed by atoms with E-state index in [1.54, 1.807) is 6.07 Å². The van der Waals surface area contributed by atoms with Gasteiger partial charge in [0.2, 0.25) is 5.82 Å². The van der Waals surface area contributed by atoms with Crippen LogP contribution < -0.4 is 11.1 Å². The maximum absolute atomic E-state index is 10.7. The molecule has 0 bridgehead atoms. The highest BCUT2D eigenvalue weighted by molar-refractivity contribution is 5.57. The van der Waals surface area contributed by atoms with E-state index in [9.17, 15) is 10.1 Å². The van der Waals surface area contributed by atoms with Crippen LogP contribution in [0.15, 0.2) is 12.1 Å². The largest absolute Gasteiger partial charge is 0.378 e. The topological polar surface area (TPSA) is 97.3 Å². The molecule has 0 radical (unpaired) electrons. The van der Waals surface area contributed by atoms with E-state index in [-0.39, 0.29) is 17.5 Å². The highest BCUT2D eigenvalue weighted by atomic mass is 16.6. The Bertz CT molecular complexity index is 448. The van der Waals surface area contributed by atoms with E-state index in [0.717, 1.165) is 6.54 Å². The minimum atomic E-state index is -0.536. The maximum atomic E-state index is 10.7. The van der Waals surface area contributed by atoms with Crippen LogP contribution in [0.2, 0.25) is 0 Å². The molecule has 1 aromatic rings. The summed E-state index contributed by atoms with van der Waals surface area (Å²) in [4.78, 5) is 16.2. The summed E-state index contributed by atoms with van der Waals surface area (Å²) in [5.74, 6) is 0.895. The van der Waals surface area contributed by atoms with E-state index in [2.05, 4.69) is 29.0 Å². The second kappa shape index (κ2) is 6.33. The Morgan fingerprint density at radius 3 is 2.53 bits per heavy atom. The molecule has 0 aliphatic heterocycles. The fourth-order valence-electron chi connectivity index (χ4n) is 1.71. The number of nitro groups is 1. The van der Waals surface area contributed by atoms with Crippen molar-refractivity contribution in [1.29, 1.82) is 0 Å². The lowest BCUT2D eigenvalue weighted by atomic mass is 10.0. The molecule has 1 aromatic heterocycles. The number of hydrogen-bond acceptors (Lipinski definition) is 6. The highest BCUT2D eigenvalue weighted by Crippen LogP contribution is 2.21. The van der Waals surface area contributed by atoms with E-state index < -0.39 is 4.92 Å². The van der Waals surface area contributed by atoms with E-state index in [1.807, 2.05) is 14.1 Å². The van der Waals surface area contributed by atoms with Crippen molar-refractivity contribution in [2.75, 3.05) is 31.7 Å². The first-order valence-electron chi connectivity index (χ1n) is 6.13.